The molecule has 0 aromatic rings. The Labute approximate surface area is 105 Å². The van der Waals surface area contributed by atoms with Gasteiger partial charge in [0.15, 0.2) is 0 Å². The minimum absolute atomic E-state index is 0. The van der Waals surface area contributed by atoms with E-state index in [1.807, 2.05) is 0 Å². The number of hydrogen-bond acceptors (Lipinski definition) is 0. The van der Waals surface area contributed by atoms with Crippen LogP contribution in [0.2, 0.25) is 0 Å². The number of rotatable bonds is 0. The van der Waals surface area contributed by atoms with Gasteiger partial charge in [0.2, 0.25) is 0 Å². The average Bonchev–Trinajstić information content (AvgIpc) is 0. The molecule has 0 amide bonds. The molecule has 0 rings (SSSR count). The van der Waals surface area contributed by atoms with Crippen LogP contribution >= 0.6 is 0 Å². The molecular weight excluding hydrogens is 316 g/mol. The molecule has 2 radical (unpaired) electrons. The molecule has 0 aliphatic heterocycles. The van der Waals surface area contributed by atoms with Gasteiger partial charge in [0.05, 0.1) is 0 Å². The molecule has 0 spiro atoms. The minimum atomic E-state index is 0. The van der Waals surface area contributed by atoms with Crippen LogP contribution in [0.4, 0.5) is 0 Å². The first-order chi connectivity index (χ1) is 0. The van der Waals surface area contributed by atoms with E-state index in [0.29, 0.717) is 0 Å². The van der Waals surface area contributed by atoms with Crippen molar-refractivity contribution in [2.75, 3.05) is 0 Å². The van der Waals surface area contributed by atoms with Crippen LogP contribution in [0, 0.1) is 0 Å². The van der Waals surface area contributed by atoms with Crippen molar-refractivity contribution >= 4 is 0 Å². The fourth-order valence-electron chi connectivity index (χ4n) is 0. The maximum absolute atomic E-state index is 0. The molecule has 0 atom stereocenters. The van der Waals surface area contributed by atoms with Gasteiger partial charge in [-0.15, -0.1) is 0 Å². The summed E-state index contributed by atoms with van der Waals surface area (Å²) < 4.78 is 0. The third-order valence-corrected chi connectivity index (χ3v) is 0. The van der Waals surface area contributed by atoms with Crippen LogP contribution in [0.15, 0.2) is 0 Å². The van der Waals surface area contributed by atoms with Crippen molar-refractivity contribution in [3.05, 3.63) is 0 Å². The first-order valence-electron chi connectivity index (χ1n) is 0. The van der Waals surface area contributed by atoms with Crippen molar-refractivity contribution in [2.45, 2.75) is 0 Å². The molecule has 10 heavy (non-hydrogen) atoms. The van der Waals surface area contributed by atoms with Gasteiger partial charge in [0.1, 0.15) is 0 Å². The normalized spacial score (nSPS) is 0. The van der Waals surface area contributed by atoms with Crippen molar-refractivity contribution in [3.8, 4) is 0 Å². The first-order valence-corrected chi connectivity index (χ1v) is 0. The predicted molar refractivity (Wildman–Crippen MR) is 14.5 cm³/mol. The molecule has 0 saturated carbocycles. The zero-order valence-corrected chi connectivity index (χ0v) is 9.65. The summed E-state index contributed by atoms with van der Waals surface area (Å²) in [5.41, 5.74) is 0. The van der Waals surface area contributed by atoms with Crippen LogP contribution in [0.25, 0.3) is 0 Å². The Morgan fingerprint density at radius 1 is 0.300 bits per heavy atom. The van der Waals surface area contributed by atoms with Gasteiger partial charge in [0.25, 0.3) is 0 Å². The van der Waals surface area contributed by atoms with E-state index in [0.717, 1.165) is 0 Å². The van der Waals surface area contributed by atoms with Crippen molar-refractivity contribution in [3.63, 3.8) is 0 Å². The van der Waals surface area contributed by atoms with E-state index in [-0.39, 0.29) is 106 Å². The zero-order valence-electron chi connectivity index (χ0n) is 4.27. The molecule has 0 aliphatic carbocycles. The molecule has 0 saturated heterocycles. The fraction of sp³-hybridized carbons (Fsp3) is 0. The Hall–Kier alpha value is 2.04. The third kappa shape index (κ3) is 197. The molecule has 0 aliphatic rings. The van der Waals surface area contributed by atoms with Gasteiger partial charge in [-0.2, -0.15) is 0 Å². The Kier molecular flexibility index (Phi) is 9440. The molecular formula is H8Cl4Mn2O4. The predicted octanol–water partition coefficient (Wildman–Crippen LogP) is -15.3. The molecule has 0 aromatic carbocycles. The minimum Gasteiger partial charge on any atom is -1.00 e. The maximum Gasteiger partial charge on any atom is 2.00 e. The number of halogens is 4. The average molecular weight is 324 g/mol. The van der Waals surface area contributed by atoms with E-state index < -0.39 is 0 Å². The molecule has 4 nitrogen and oxygen atoms in total. The van der Waals surface area contributed by atoms with Gasteiger partial charge in [0, 0.05) is 0 Å². The smallest absolute Gasteiger partial charge is 1.00 e. The van der Waals surface area contributed by atoms with E-state index in [1.165, 1.54) is 0 Å². The van der Waals surface area contributed by atoms with Crippen LogP contribution in [-0.4, -0.2) is 21.9 Å². The summed E-state index contributed by atoms with van der Waals surface area (Å²) in [6.07, 6.45) is 0. The van der Waals surface area contributed by atoms with E-state index in [9.17, 15) is 0 Å². The van der Waals surface area contributed by atoms with E-state index in [2.05, 4.69) is 0 Å². The summed E-state index contributed by atoms with van der Waals surface area (Å²) in [4.78, 5) is 0. The molecule has 0 unspecified atom stereocenters. The van der Waals surface area contributed by atoms with Crippen LogP contribution < -0.4 is 49.6 Å². The van der Waals surface area contributed by atoms with Gasteiger partial charge in [-0.3, -0.25) is 0 Å². The maximum atomic E-state index is 0. The second kappa shape index (κ2) is 268. The molecule has 0 heterocycles. The molecule has 0 bridgehead atoms. The second-order valence-electron chi connectivity index (χ2n) is 0. The molecule has 10 heteroatoms. The summed E-state index contributed by atoms with van der Waals surface area (Å²) in [7, 11) is 0. The van der Waals surface area contributed by atoms with Crippen molar-refractivity contribution in [2.24, 2.45) is 0 Å². The van der Waals surface area contributed by atoms with Gasteiger partial charge < -0.3 is 71.5 Å². The van der Waals surface area contributed by atoms with Gasteiger partial charge in [-0.1, -0.05) is 0 Å². The largest absolute Gasteiger partial charge is 2.00 e. The topological polar surface area (TPSA) is 126 Å². The van der Waals surface area contributed by atoms with Crippen molar-refractivity contribution in [1.82, 2.24) is 0 Å². The first kappa shape index (κ1) is 353. The standard InChI is InChI=1S/4ClH.2Mn.4H2O/h4*1H;;;4*1H2/q;;;;2*+2;;;;/p-4. The SMILES string of the molecule is O.O.O.O.[Cl-].[Cl-].[Cl-].[Cl-].[Mn+2].[Mn+2]. The Morgan fingerprint density at radius 2 is 0.300 bits per heavy atom. The van der Waals surface area contributed by atoms with Crippen LogP contribution in [0.1, 0.15) is 0 Å². The van der Waals surface area contributed by atoms with Crippen molar-refractivity contribution < 1.29 is 106 Å². The molecule has 8 N–H and O–H groups in total. The number of hydrogen-bond donors (Lipinski definition) is 0. The summed E-state index contributed by atoms with van der Waals surface area (Å²) in [6, 6.07) is 0. The molecule has 0 fully saturated rings. The Bertz CT molecular complexity index is 15.2. The quantitative estimate of drug-likeness (QED) is 0.393. The Balaban J connectivity index is 0. The van der Waals surface area contributed by atoms with Crippen molar-refractivity contribution in [1.29, 1.82) is 0 Å². The van der Waals surface area contributed by atoms with Crippen LogP contribution in [-0.2, 0) is 34.1 Å². The summed E-state index contributed by atoms with van der Waals surface area (Å²) in [5, 5.41) is 0. The Morgan fingerprint density at radius 3 is 0.300 bits per heavy atom. The zero-order chi connectivity index (χ0) is 0. The third-order valence-electron chi connectivity index (χ3n) is 0. The monoisotopic (exact) mass is 322 g/mol. The van der Waals surface area contributed by atoms with E-state index >= 15 is 0 Å². The second-order valence-corrected chi connectivity index (χ2v) is 0. The fourth-order valence-corrected chi connectivity index (χ4v) is 0. The summed E-state index contributed by atoms with van der Waals surface area (Å²) in [6.45, 7) is 0. The summed E-state index contributed by atoms with van der Waals surface area (Å²) in [5.74, 6) is 0. The van der Waals surface area contributed by atoms with Crippen LogP contribution in [0.3, 0.4) is 0 Å². The van der Waals surface area contributed by atoms with Crippen LogP contribution in [0.5, 0.6) is 0 Å². The van der Waals surface area contributed by atoms with Gasteiger partial charge >= 0.3 is 34.1 Å². The van der Waals surface area contributed by atoms with E-state index in [1.54, 1.807) is 0 Å². The molecule has 0 aromatic heterocycles. The molecule has 74 valence electrons. The van der Waals surface area contributed by atoms with Gasteiger partial charge in [-0.25, -0.2) is 0 Å². The van der Waals surface area contributed by atoms with Gasteiger partial charge in [-0.05, 0) is 0 Å². The van der Waals surface area contributed by atoms with E-state index in [4.69, 9.17) is 0 Å². The summed E-state index contributed by atoms with van der Waals surface area (Å²) >= 11 is 0.